The van der Waals surface area contributed by atoms with Crippen molar-refractivity contribution in [1.82, 2.24) is 4.98 Å². The third-order valence-electron chi connectivity index (χ3n) is 6.45. The topological polar surface area (TPSA) is 125 Å². The average Bonchev–Trinajstić information content (AvgIpc) is 3.31. The van der Waals surface area contributed by atoms with Gasteiger partial charge in [-0.25, -0.2) is 12.8 Å². The summed E-state index contributed by atoms with van der Waals surface area (Å²) in [7, 11) is -3.96. The van der Waals surface area contributed by atoms with Crippen LogP contribution in [-0.2, 0) is 32.6 Å². The number of ether oxygens (including phenoxy) is 2. The van der Waals surface area contributed by atoms with E-state index >= 15 is 4.39 Å². The second-order valence-electron chi connectivity index (χ2n) is 10.6. The number of hydrogen-bond donors (Lipinski definition) is 0. The molecular formula is C31H30F2N2O7S. The molecule has 226 valence electrons. The molecule has 0 radical (unpaired) electrons. The van der Waals surface area contributed by atoms with E-state index in [4.69, 9.17) is 13.9 Å². The molecule has 0 saturated heterocycles. The lowest BCUT2D eigenvalue weighted by Crippen LogP contribution is -2.25. The van der Waals surface area contributed by atoms with E-state index in [0.29, 0.717) is 22.1 Å². The van der Waals surface area contributed by atoms with Crippen LogP contribution in [0, 0.1) is 11.8 Å². The number of carbonyl (C=O) groups is 2. The largest absolute Gasteiger partial charge is 0.489 e. The van der Waals surface area contributed by atoms with Crippen molar-refractivity contribution in [3.63, 3.8) is 0 Å². The zero-order chi connectivity index (χ0) is 31.5. The second-order valence-corrected chi connectivity index (χ2v) is 13.0. The van der Waals surface area contributed by atoms with Crippen LogP contribution in [0.3, 0.4) is 0 Å². The molecule has 0 saturated carbocycles. The zero-order valence-corrected chi connectivity index (χ0v) is 25.1. The van der Waals surface area contributed by atoms with Crippen LogP contribution in [0.2, 0.25) is 0 Å². The van der Waals surface area contributed by atoms with Gasteiger partial charge < -0.3 is 13.9 Å². The van der Waals surface area contributed by atoms with Gasteiger partial charge in [0.2, 0.25) is 0 Å². The number of aromatic nitrogens is 1. The smallest absolute Gasteiger partial charge is 0.310 e. The highest BCUT2D eigenvalue weighted by molar-refractivity contribution is 7.91. The quantitative estimate of drug-likeness (QED) is 0.118. The highest BCUT2D eigenvalue weighted by atomic mass is 32.2. The molecule has 0 atom stereocenters. The van der Waals surface area contributed by atoms with E-state index < -0.39 is 32.6 Å². The van der Waals surface area contributed by atoms with Crippen molar-refractivity contribution in [2.45, 2.75) is 52.4 Å². The number of ketones is 1. The maximum absolute atomic E-state index is 15.7. The number of hydrogen-bond acceptors (Lipinski definition) is 8. The molecule has 0 amide bonds. The zero-order valence-electron chi connectivity index (χ0n) is 24.2. The molecule has 0 aliphatic rings. The molecule has 2 heterocycles. The van der Waals surface area contributed by atoms with E-state index in [9.17, 15) is 22.4 Å². The number of sulfonamides is 1. The summed E-state index contributed by atoms with van der Waals surface area (Å²) in [4.78, 5) is 28.1. The Morgan fingerprint density at radius 1 is 1.07 bits per heavy atom. The maximum atomic E-state index is 15.7. The van der Waals surface area contributed by atoms with Crippen LogP contribution in [0.5, 0.6) is 5.75 Å². The fraction of sp³-hybridized carbons (Fsp3) is 0.290. The number of rotatable bonds is 10. The number of Topliss-reactive ketones (excluding diaryl/α,β-unsaturated/α-hetero) is 1. The normalized spacial score (nSPS) is 12.2. The first-order valence-corrected chi connectivity index (χ1v) is 14.7. The molecular weight excluding hydrogens is 582 g/mol. The molecule has 0 aliphatic carbocycles. The number of nitrogens with zero attached hydrogens (tertiary/aromatic N) is 2. The number of halogens is 2. The van der Waals surface area contributed by atoms with E-state index in [1.165, 1.54) is 52.1 Å². The number of fused-ring (bicyclic) bond motifs is 1. The second kappa shape index (κ2) is 12.4. The molecule has 43 heavy (non-hydrogen) atoms. The maximum Gasteiger partial charge on any atom is 0.310 e. The van der Waals surface area contributed by atoms with Gasteiger partial charge in [-0.3, -0.25) is 14.6 Å². The van der Waals surface area contributed by atoms with Gasteiger partial charge in [-0.2, -0.15) is 8.79 Å². The summed E-state index contributed by atoms with van der Waals surface area (Å²) in [6.07, 6.45) is 2.02. The van der Waals surface area contributed by atoms with Gasteiger partial charge in [0.25, 0.3) is 16.0 Å². The molecule has 0 N–H and O–H groups in total. The fourth-order valence-corrected chi connectivity index (χ4v) is 4.64. The Balaban J connectivity index is 1.74. The van der Waals surface area contributed by atoms with Gasteiger partial charge in [-0.15, -0.1) is 0 Å². The van der Waals surface area contributed by atoms with Crippen LogP contribution in [0.15, 0.2) is 57.5 Å². The summed E-state index contributed by atoms with van der Waals surface area (Å²) in [5, 5.41) is 0.319. The number of furan rings is 1. The van der Waals surface area contributed by atoms with Crippen LogP contribution in [0.1, 0.15) is 61.8 Å². The minimum atomic E-state index is -3.96. The van der Waals surface area contributed by atoms with Crippen LogP contribution < -0.4 is 4.74 Å². The monoisotopic (exact) mass is 612 g/mol. The Labute approximate surface area is 247 Å². The van der Waals surface area contributed by atoms with Crippen molar-refractivity contribution >= 4 is 39.0 Å². The lowest BCUT2D eigenvalue weighted by molar-refractivity contribution is -0.142. The molecule has 0 bridgehead atoms. The SMILES string of the molecule is CCOC(=O)Cc1ccc(C(C)=O)cc1OCc1cc(-c2ccnc(C=NS(=O)(=O)C(C)(C)C)c2F)c2oc(F)cc2c1. The number of esters is 1. The Hall–Kier alpha value is -4.45. The molecule has 4 aromatic rings. The van der Waals surface area contributed by atoms with Gasteiger partial charge in [0.15, 0.2) is 11.6 Å². The van der Waals surface area contributed by atoms with Crippen LogP contribution in [-0.4, -0.2) is 42.7 Å². The van der Waals surface area contributed by atoms with Crippen LogP contribution in [0.25, 0.3) is 22.1 Å². The van der Waals surface area contributed by atoms with Gasteiger partial charge in [0.1, 0.15) is 23.6 Å². The molecule has 0 aliphatic heterocycles. The van der Waals surface area contributed by atoms with Crippen molar-refractivity contribution in [3.05, 3.63) is 82.9 Å². The fourth-order valence-electron chi connectivity index (χ4n) is 4.09. The summed E-state index contributed by atoms with van der Waals surface area (Å²) in [5.41, 5.74) is 1.20. The van der Waals surface area contributed by atoms with Crippen molar-refractivity contribution in [3.8, 4) is 16.9 Å². The predicted octanol–water partition coefficient (Wildman–Crippen LogP) is 6.21. The Morgan fingerprint density at radius 3 is 2.49 bits per heavy atom. The van der Waals surface area contributed by atoms with Gasteiger partial charge in [-0.1, -0.05) is 12.1 Å². The van der Waals surface area contributed by atoms with Gasteiger partial charge in [0, 0.05) is 39.9 Å². The van der Waals surface area contributed by atoms with E-state index in [1.807, 2.05) is 0 Å². The Kier molecular flexibility index (Phi) is 9.09. The van der Waals surface area contributed by atoms with Gasteiger partial charge >= 0.3 is 5.97 Å². The van der Waals surface area contributed by atoms with Crippen molar-refractivity contribution in [2.75, 3.05) is 6.61 Å². The standard InChI is InChI=1S/C31H30F2N2O7S/c1-6-40-28(37)15-21-8-7-20(18(2)36)13-26(21)41-17-19-11-22-14-27(32)42-30(22)24(12-19)23-9-10-34-25(29(23)33)16-35-43(38,39)31(3,4)5/h7-14,16H,6,15,17H2,1-5H3. The van der Waals surface area contributed by atoms with Crippen molar-refractivity contribution in [2.24, 2.45) is 4.40 Å². The summed E-state index contributed by atoms with van der Waals surface area (Å²) >= 11 is 0. The number of benzene rings is 2. The number of carbonyl (C=O) groups excluding carboxylic acids is 2. The van der Waals surface area contributed by atoms with Crippen LogP contribution >= 0.6 is 0 Å². The van der Waals surface area contributed by atoms with Gasteiger partial charge in [0.05, 0.1) is 24.0 Å². The van der Waals surface area contributed by atoms with E-state index in [-0.39, 0.29) is 53.6 Å². The Morgan fingerprint density at radius 2 is 1.81 bits per heavy atom. The first-order chi connectivity index (χ1) is 20.2. The minimum absolute atomic E-state index is 0.0348. The predicted molar refractivity (Wildman–Crippen MR) is 157 cm³/mol. The molecule has 2 aromatic heterocycles. The number of pyridine rings is 1. The summed E-state index contributed by atoms with van der Waals surface area (Å²) in [6, 6.07) is 9.45. The van der Waals surface area contributed by atoms with E-state index in [0.717, 1.165) is 12.3 Å². The van der Waals surface area contributed by atoms with Gasteiger partial charge in [-0.05, 0) is 64.4 Å². The highest BCUT2D eigenvalue weighted by Crippen LogP contribution is 2.35. The third kappa shape index (κ3) is 7.14. The van der Waals surface area contributed by atoms with E-state index in [1.54, 1.807) is 25.1 Å². The first-order valence-electron chi connectivity index (χ1n) is 13.3. The minimum Gasteiger partial charge on any atom is -0.489 e. The lowest BCUT2D eigenvalue weighted by atomic mass is 10.00. The summed E-state index contributed by atoms with van der Waals surface area (Å²) < 4.78 is 73.5. The molecule has 4 rings (SSSR count). The summed E-state index contributed by atoms with van der Waals surface area (Å²) in [6.45, 7) is 7.59. The molecule has 0 fully saturated rings. The molecule has 12 heteroatoms. The molecule has 2 aromatic carbocycles. The molecule has 0 unspecified atom stereocenters. The highest BCUT2D eigenvalue weighted by Gasteiger charge is 2.28. The first kappa shape index (κ1) is 31.5. The molecule has 0 spiro atoms. The molecule has 9 nitrogen and oxygen atoms in total. The third-order valence-corrected chi connectivity index (χ3v) is 8.38. The van der Waals surface area contributed by atoms with Crippen LogP contribution in [0.4, 0.5) is 8.78 Å². The van der Waals surface area contributed by atoms with Crippen molar-refractivity contribution in [1.29, 1.82) is 0 Å². The Bertz CT molecular complexity index is 1840. The van der Waals surface area contributed by atoms with E-state index in [2.05, 4.69) is 9.38 Å². The van der Waals surface area contributed by atoms with Crippen molar-refractivity contribution < 1.29 is 40.7 Å². The average molecular weight is 613 g/mol. The lowest BCUT2D eigenvalue weighted by Gasteiger charge is -2.15. The summed E-state index contributed by atoms with van der Waals surface area (Å²) in [5.74, 6) is -1.29.